The molecule has 0 saturated carbocycles. The van der Waals surface area contributed by atoms with Crippen LogP contribution in [0.4, 0.5) is 0 Å². The van der Waals surface area contributed by atoms with Gasteiger partial charge in [-0.2, -0.15) is 0 Å². The van der Waals surface area contributed by atoms with E-state index in [0.29, 0.717) is 12.6 Å². The molecule has 0 spiro atoms. The van der Waals surface area contributed by atoms with E-state index in [1.165, 1.54) is 11.1 Å². The molecule has 0 amide bonds. The van der Waals surface area contributed by atoms with Crippen molar-refractivity contribution in [3.63, 3.8) is 0 Å². The molecule has 23 heavy (non-hydrogen) atoms. The van der Waals surface area contributed by atoms with Crippen LogP contribution in [0.1, 0.15) is 33.5 Å². The van der Waals surface area contributed by atoms with Crippen LogP contribution < -0.4 is 0 Å². The summed E-state index contributed by atoms with van der Waals surface area (Å²) >= 11 is 0. The van der Waals surface area contributed by atoms with E-state index in [2.05, 4.69) is 30.0 Å². The molecule has 2 aromatic carbocycles. The van der Waals surface area contributed by atoms with Crippen LogP contribution in [0.2, 0.25) is 0 Å². The maximum Gasteiger partial charge on any atom is 0.193 e. The lowest BCUT2D eigenvalue weighted by Gasteiger charge is -2.31. The number of nitrogens with zero attached hydrogens (tertiary/aromatic N) is 1. The predicted octanol–water partition coefficient (Wildman–Crippen LogP) is 3.34. The Bertz CT molecular complexity index is 742. The van der Waals surface area contributed by atoms with Gasteiger partial charge in [0.1, 0.15) is 0 Å². The third-order valence-corrected chi connectivity index (χ3v) is 4.67. The van der Waals surface area contributed by atoms with Gasteiger partial charge in [-0.05, 0) is 43.5 Å². The molecule has 0 aromatic heterocycles. The van der Waals surface area contributed by atoms with Crippen LogP contribution in [0.25, 0.3) is 0 Å². The number of hydrogen-bond acceptors (Lipinski definition) is 2. The molecule has 1 atom stereocenters. The van der Waals surface area contributed by atoms with Gasteiger partial charge in [0.15, 0.2) is 5.78 Å². The highest BCUT2D eigenvalue weighted by Gasteiger charge is 2.22. The Morgan fingerprint density at radius 2 is 1.96 bits per heavy atom. The van der Waals surface area contributed by atoms with Crippen LogP contribution in [0, 0.1) is 12.3 Å². The Labute approximate surface area is 138 Å². The molecule has 1 aliphatic rings. The molecule has 1 unspecified atom stereocenters. The fourth-order valence-corrected chi connectivity index (χ4v) is 3.28. The Kier molecular flexibility index (Phi) is 4.60. The van der Waals surface area contributed by atoms with Crippen LogP contribution in [0.3, 0.4) is 0 Å². The van der Waals surface area contributed by atoms with Crippen molar-refractivity contribution < 1.29 is 4.79 Å². The lowest BCUT2D eigenvalue weighted by molar-refractivity contribution is 0.103. The highest BCUT2D eigenvalue weighted by atomic mass is 16.1. The Hall–Kier alpha value is -2.37. The molecular formula is C21H21NO. The van der Waals surface area contributed by atoms with Crippen LogP contribution in [-0.4, -0.2) is 30.3 Å². The second kappa shape index (κ2) is 6.81. The first-order chi connectivity index (χ1) is 11.2. The van der Waals surface area contributed by atoms with Crippen molar-refractivity contribution in [2.75, 3.05) is 13.6 Å². The van der Waals surface area contributed by atoms with Gasteiger partial charge in [0.2, 0.25) is 0 Å². The van der Waals surface area contributed by atoms with Gasteiger partial charge in [-0.15, -0.1) is 6.42 Å². The number of carbonyl (C=O) groups is 1. The Morgan fingerprint density at radius 3 is 2.70 bits per heavy atom. The quantitative estimate of drug-likeness (QED) is 0.638. The van der Waals surface area contributed by atoms with Gasteiger partial charge in [0, 0.05) is 17.2 Å². The van der Waals surface area contributed by atoms with Crippen LogP contribution in [0.5, 0.6) is 0 Å². The second-order valence-corrected chi connectivity index (χ2v) is 6.19. The summed E-state index contributed by atoms with van der Waals surface area (Å²) in [5, 5.41) is 0. The van der Waals surface area contributed by atoms with Gasteiger partial charge < -0.3 is 0 Å². The lowest BCUT2D eigenvalue weighted by Crippen LogP contribution is -2.36. The van der Waals surface area contributed by atoms with E-state index in [-0.39, 0.29) is 5.78 Å². The molecule has 0 aliphatic heterocycles. The highest BCUT2D eigenvalue weighted by Crippen LogP contribution is 2.26. The van der Waals surface area contributed by atoms with Gasteiger partial charge in [-0.1, -0.05) is 48.4 Å². The monoisotopic (exact) mass is 303 g/mol. The number of terminal acetylenes is 1. The van der Waals surface area contributed by atoms with Gasteiger partial charge in [0.05, 0.1) is 6.54 Å². The van der Waals surface area contributed by atoms with Crippen molar-refractivity contribution in [3.8, 4) is 12.3 Å². The number of hydrogen-bond donors (Lipinski definition) is 0. The molecule has 3 rings (SSSR count). The average molecular weight is 303 g/mol. The van der Waals surface area contributed by atoms with E-state index < -0.39 is 0 Å². The van der Waals surface area contributed by atoms with Crippen molar-refractivity contribution in [1.82, 2.24) is 4.90 Å². The van der Waals surface area contributed by atoms with Gasteiger partial charge in [-0.3, -0.25) is 9.69 Å². The first-order valence-corrected chi connectivity index (χ1v) is 8.04. The predicted molar refractivity (Wildman–Crippen MR) is 93.6 cm³/mol. The number of aryl methyl sites for hydroxylation is 1. The summed E-state index contributed by atoms with van der Waals surface area (Å²) in [6.07, 6.45) is 8.56. The van der Waals surface area contributed by atoms with E-state index in [9.17, 15) is 4.79 Å². The van der Waals surface area contributed by atoms with E-state index in [1.54, 1.807) is 0 Å². The van der Waals surface area contributed by atoms with Crippen molar-refractivity contribution in [2.45, 2.75) is 25.3 Å². The number of ketones is 1. The number of likely N-dealkylation sites (N-methyl/N-ethyl adjacent to an activating group) is 1. The Morgan fingerprint density at radius 1 is 1.17 bits per heavy atom. The fraction of sp³-hybridized carbons (Fsp3) is 0.286. The normalized spacial score (nSPS) is 16.7. The number of rotatable bonds is 4. The van der Waals surface area contributed by atoms with Crippen molar-refractivity contribution in [2.24, 2.45) is 0 Å². The summed E-state index contributed by atoms with van der Waals surface area (Å²) in [4.78, 5) is 14.8. The van der Waals surface area contributed by atoms with Crippen molar-refractivity contribution in [1.29, 1.82) is 0 Å². The minimum absolute atomic E-state index is 0.0903. The zero-order valence-electron chi connectivity index (χ0n) is 13.5. The van der Waals surface area contributed by atoms with Crippen LogP contribution in [-0.2, 0) is 12.8 Å². The summed E-state index contributed by atoms with van der Waals surface area (Å²) in [7, 11) is 2.08. The molecule has 0 bridgehead atoms. The third kappa shape index (κ3) is 3.36. The molecule has 2 aromatic rings. The lowest BCUT2D eigenvalue weighted by atomic mass is 9.85. The molecule has 1 aliphatic carbocycles. The first-order valence-electron chi connectivity index (χ1n) is 8.04. The molecular weight excluding hydrogens is 282 g/mol. The third-order valence-electron chi connectivity index (χ3n) is 4.67. The zero-order valence-corrected chi connectivity index (χ0v) is 13.5. The van der Waals surface area contributed by atoms with E-state index >= 15 is 0 Å². The van der Waals surface area contributed by atoms with Gasteiger partial charge in [-0.25, -0.2) is 0 Å². The van der Waals surface area contributed by atoms with E-state index in [0.717, 1.165) is 30.4 Å². The summed E-state index contributed by atoms with van der Waals surface area (Å²) in [6.45, 7) is 0.669. The van der Waals surface area contributed by atoms with Gasteiger partial charge in [0.25, 0.3) is 0 Å². The Balaban J connectivity index is 1.84. The summed E-state index contributed by atoms with van der Waals surface area (Å²) < 4.78 is 0. The maximum atomic E-state index is 12.6. The summed E-state index contributed by atoms with van der Waals surface area (Å²) in [5.41, 5.74) is 4.16. The van der Waals surface area contributed by atoms with Gasteiger partial charge >= 0.3 is 0 Å². The SMILES string of the molecule is C#CCN(C)C1CCc2ccc(C(=O)c3ccccc3)cc2C1. The fourth-order valence-electron chi connectivity index (χ4n) is 3.28. The zero-order chi connectivity index (χ0) is 16.2. The maximum absolute atomic E-state index is 12.6. The average Bonchev–Trinajstić information content (AvgIpc) is 2.61. The van der Waals surface area contributed by atoms with E-state index in [1.807, 2.05) is 36.4 Å². The van der Waals surface area contributed by atoms with Crippen LogP contribution >= 0.6 is 0 Å². The second-order valence-electron chi connectivity index (χ2n) is 6.19. The van der Waals surface area contributed by atoms with Crippen LogP contribution in [0.15, 0.2) is 48.5 Å². The molecule has 2 nitrogen and oxygen atoms in total. The number of benzene rings is 2. The molecule has 0 radical (unpaired) electrons. The van der Waals surface area contributed by atoms with E-state index in [4.69, 9.17) is 6.42 Å². The standard InChI is InChI=1S/C21H21NO/c1-3-13-22(2)20-12-11-16-9-10-18(14-19(16)15-20)21(23)17-7-5-4-6-8-17/h1,4-10,14,20H,11-13,15H2,2H3. The smallest absolute Gasteiger partial charge is 0.193 e. The van der Waals surface area contributed by atoms with Crippen molar-refractivity contribution >= 4 is 5.78 Å². The number of fused-ring (bicyclic) bond motifs is 1. The highest BCUT2D eigenvalue weighted by molar-refractivity contribution is 6.09. The molecule has 2 heteroatoms. The minimum Gasteiger partial charge on any atom is -0.292 e. The molecule has 0 heterocycles. The van der Waals surface area contributed by atoms with Crippen molar-refractivity contribution in [3.05, 3.63) is 70.8 Å². The topological polar surface area (TPSA) is 20.3 Å². The number of carbonyl (C=O) groups excluding carboxylic acids is 1. The largest absolute Gasteiger partial charge is 0.292 e. The first kappa shape index (κ1) is 15.5. The molecule has 0 fully saturated rings. The summed E-state index contributed by atoms with van der Waals surface area (Å²) in [6, 6.07) is 16.1. The summed E-state index contributed by atoms with van der Waals surface area (Å²) in [5.74, 6) is 2.80. The molecule has 0 saturated heterocycles. The minimum atomic E-state index is 0.0903. The molecule has 116 valence electrons. The molecule has 0 N–H and O–H groups in total.